The summed E-state index contributed by atoms with van der Waals surface area (Å²) in [5, 5.41) is 3.61. The lowest BCUT2D eigenvalue weighted by Crippen LogP contribution is -2.44. The van der Waals surface area contributed by atoms with Crippen LogP contribution in [0.25, 0.3) is 0 Å². The molecular formula is C16H23N. The van der Waals surface area contributed by atoms with E-state index in [-0.39, 0.29) is 0 Å². The monoisotopic (exact) mass is 229 g/mol. The van der Waals surface area contributed by atoms with Crippen LogP contribution in [-0.4, -0.2) is 13.1 Å². The van der Waals surface area contributed by atoms with Crippen molar-refractivity contribution in [3.05, 3.63) is 35.4 Å². The summed E-state index contributed by atoms with van der Waals surface area (Å²) in [6.45, 7) is 0. The van der Waals surface area contributed by atoms with Crippen LogP contribution in [0.4, 0.5) is 0 Å². The summed E-state index contributed by atoms with van der Waals surface area (Å²) < 4.78 is 0. The van der Waals surface area contributed by atoms with Crippen LogP contribution in [0.2, 0.25) is 0 Å². The van der Waals surface area contributed by atoms with Crippen LogP contribution in [0.1, 0.15) is 49.1 Å². The van der Waals surface area contributed by atoms with Crippen LogP contribution in [0, 0.1) is 5.92 Å². The van der Waals surface area contributed by atoms with Crippen LogP contribution >= 0.6 is 0 Å². The fraction of sp³-hybridized carbons (Fsp3) is 0.625. The van der Waals surface area contributed by atoms with E-state index in [9.17, 15) is 0 Å². The molecular weight excluding hydrogens is 206 g/mol. The van der Waals surface area contributed by atoms with E-state index < -0.39 is 0 Å². The Hall–Kier alpha value is -0.820. The van der Waals surface area contributed by atoms with Gasteiger partial charge in [-0.2, -0.15) is 0 Å². The van der Waals surface area contributed by atoms with Gasteiger partial charge in [0.2, 0.25) is 0 Å². The minimum absolute atomic E-state index is 0.713. The van der Waals surface area contributed by atoms with Gasteiger partial charge in [-0.25, -0.2) is 0 Å². The van der Waals surface area contributed by atoms with Crippen LogP contribution < -0.4 is 5.32 Å². The van der Waals surface area contributed by atoms with Gasteiger partial charge in [-0.05, 0) is 43.4 Å². The van der Waals surface area contributed by atoms with E-state index in [1.807, 2.05) is 0 Å². The number of fused-ring (bicyclic) bond motifs is 1. The van der Waals surface area contributed by atoms with Gasteiger partial charge in [0.15, 0.2) is 0 Å². The van der Waals surface area contributed by atoms with E-state index in [1.165, 1.54) is 38.5 Å². The van der Waals surface area contributed by atoms with Gasteiger partial charge in [0.25, 0.3) is 0 Å². The SMILES string of the molecule is CNC(C1CCCCC1)C1Cc2ccccc21. The van der Waals surface area contributed by atoms with E-state index in [0.717, 1.165) is 11.8 Å². The van der Waals surface area contributed by atoms with Gasteiger partial charge in [0.05, 0.1) is 0 Å². The molecule has 1 aromatic carbocycles. The maximum Gasteiger partial charge on any atom is 0.0164 e. The number of likely N-dealkylation sites (N-methyl/N-ethyl adjacent to an activating group) is 1. The number of hydrogen-bond acceptors (Lipinski definition) is 1. The molecule has 0 bridgehead atoms. The van der Waals surface area contributed by atoms with Gasteiger partial charge in [-0.3, -0.25) is 0 Å². The molecule has 2 aliphatic rings. The van der Waals surface area contributed by atoms with Crippen LogP contribution in [0.3, 0.4) is 0 Å². The first kappa shape index (κ1) is 11.3. The number of rotatable bonds is 3. The molecule has 0 radical (unpaired) electrons. The first-order valence-electron chi connectivity index (χ1n) is 7.15. The molecule has 2 unspecified atom stereocenters. The molecule has 0 aromatic heterocycles. The highest BCUT2D eigenvalue weighted by Gasteiger charge is 2.36. The second-order valence-electron chi connectivity index (χ2n) is 5.72. The summed E-state index contributed by atoms with van der Waals surface area (Å²) in [6, 6.07) is 9.70. The molecule has 0 heterocycles. The van der Waals surface area contributed by atoms with Crippen molar-refractivity contribution in [1.29, 1.82) is 0 Å². The van der Waals surface area contributed by atoms with Gasteiger partial charge in [-0.15, -0.1) is 0 Å². The molecule has 1 heteroatoms. The van der Waals surface area contributed by atoms with Crippen molar-refractivity contribution < 1.29 is 0 Å². The van der Waals surface area contributed by atoms with Crippen molar-refractivity contribution in [3.8, 4) is 0 Å². The normalized spacial score (nSPS) is 26.1. The molecule has 1 N–H and O–H groups in total. The molecule has 2 aliphatic carbocycles. The Kier molecular flexibility index (Phi) is 3.19. The van der Waals surface area contributed by atoms with Crippen LogP contribution in [0.15, 0.2) is 24.3 Å². The molecule has 0 amide bonds. The number of nitrogens with one attached hydrogen (secondary N) is 1. The zero-order chi connectivity index (χ0) is 11.7. The van der Waals surface area contributed by atoms with Crippen molar-refractivity contribution in [1.82, 2.24) is 5.32 Å². The summed E-state index contributed by atoms with van der Waals surface area (Å²) in [5.41, 5.74) is 3.19. The fourth-order valence-corrected chi connectivity index (χ4v) is 3.88. The molecule has 0 spiro atoms. The largest absolute Gasteiger partial charge is 0.316 e. The Morgan fingerprint density at radius 1 is 1.12 bits per heavy atom. The van der Waals surface area contributed by atoms with Gasteiger partial charge in [-0.1, -0.05) is 43.5 Å². The van der Waals surface area contributed by atoms with E-state index in [1.54, 1.807) is 11.1 Å². The molecule has 17 heavy (non-hydrogen) atoms. The summed E-state index contributed by atoms with van der Waals surface area (Å²) in [6.07, 6.45) is 8.50. The van der Waals surface area contributed by atoms with Crippen molar-refractivity contribution in [2.75, 3.05) is 7.05 Å². The zero-order valence-corrected chi connectivity index (χ0v) is 10.8. The average Bonchev–Trinajstić information content (AvgIpc) is 2.37. The maximum atomic E-state index is 3.61. The third kappa shape index (κ3) is 2.01. The van der Waals surface area contributed by atoms with Gasteiger partial charge < -0.3 is 5.32 Å². The highest BCUT2D eigenvalue weighted by atomic mass is 14.9. The standard InChI is InChI=1S/C16H23N/c1-17-16(12-7-3-2-4-8-12)15-11-13-9-5-6-10-14(13)15/h5-6,9-10,12,15-17H,2-4,7-8,11H2,1H3. The molecule has 1 aromatic rings. The van der Waals surface area contributed by atoms with Gasteiger partial charge in [0, 0.05) is 12.0 Å². The smallest absolute Gasteiger partial charge is 0.0164 e. The Labute approximate surface area is 105 Å². The summed E-state index contributed by atoms with van der Waals surface area (Å²) >= 11 is 0. The molecule has 3 rings (SSSR count). The maximum absolute atomic E-state index is 3.61. The van der Waals surface area contributed by atoms with Crippen LogP contribution in [0.5, 0.6) is 0 Å². The first-order valence-corrected chi connectivity index (χ1v) is 7.15. The Balaban J connectivity index is 1.74. The number of hydrogen-bond donors (Lipinski definition) is 1. The highest BCUT2D eigenvalue weighted by Crippen LogP contribution is 2.42. The molecule has 0 saturated heterocycles. The molecule has 92 valence electrons. The molecule has 0 aliphatic heterocycles. The summed E-state index contributed by atoms with van der Waals surface area (Å²) in [4.78, 5) is 0. The Bertz CT molecular complexity index is 379. The van der Waals surface area contributed by atoms with E-state index in [2.05, 4.69) is 36.6 Å². The molecule has 1 nitrogen and oxygen atoms in total. The lowest BCUT2D eigenvalue weighted by atomic mass is 9.67. The van der Waals surface area contributed by atoms with Crippen molar-refractivity contribution >= 4 is 0 Å². The minimum atomic E-state index is 0.713. The number of benzene rings is 1. The molecule has 1 fully saturated rings. The topological polar surface area (TPSA) is 12.0 Å². The van der Waals surface area contributed by atoms with Crippen molar-refractivity contribution in [2.24, 2.45) is 5.92 Å². The predicted molar refractivity (Wildman–Crippen MR) is 72.3 cm³/mol. The lowest BCUT2D eigenvalue weighted by Gasteiger charge is -2.41. The second kappa shape index (κ2) is 4.81. The van der Waals surface area contributed by atoms with E-state index in [4.69, 9.17) is 0 Å². The molecule has 2 atom stereocenters. The quantitative estimate of drug-likeness (QED) is 0.836. The molecule has 1 saturated carbocycles. The van der Waals surface area contributed by atoms with Crippen molar-refractivity contribution in [2.45, 2.75) is 50.5 Å². The van der Waals surface area contributed by atoms with E-state index >= 15 is 0 Å². The Morgan fingerprint density at radius 2 is 1.88 bits per heavy atom. The average molecular weight is 229 g/mol. The zero-order valence-electron chi connectivity index (χ0n) is 10.8. The fourth-order valence-electron chi connectivity index (χ4n) is 3.88. The van der Waals surface area contributed by atoms with Crippen molar-refractivity contribution in [3.63, 3.8) is 0 Å². The first-order chi connectivity index (χ1) is 8.40. The van der Waals surface area contributed by atoms with E-state index in [0.29, 0.717) is 6.04 Å². The van der Waals surface area contributed by atoms with Crippen LogP contribution in [-0.2, 0) is 6.42 Å². The van der Waals surface area contributed by atoms with Gasteiger partial charge >= 0.3 is 0 Å². The second-order valence-corrected chi connectivity index (χ2v) is 5.72. The summed E-state index contributed by atoms with van der Waals surface area (Å²) in [7, 11) is 2.15. The third-order valence-corrected chi connectivity index (χ3v) is 4.82. The van der Waals surface area contributed by atoms with Gasteiger partial charge in [0.1, 0.15) is 0 Å². The predicted octanol–water partition coefficient (Wildman–Crippen LogP) is 3.49. The minimum Gasteiger partial charge on any atom is -0.316 e. The highest BCUT2D eigenvalue weighted by molar-refractivity contribution is 5.41. The third-order valence-electron chi connectivity index (χ3n) is 4.82. The summed E-state index contributed by atoms with van der Waals surface area (Å²) in [5.74, 6) is 1.69. The Morgan fingerprint density at radius 3 is 2.59 bits per heavy atom. The lowest BCUT2D eigenvalue weighted by molar-refractivity contribution is 0.238.